The van der Waals surface area contributed by atoms with Crippen LogP contribution in [0.1, 0.15) is 45.2 Å². The van der Waals surface area contributed by atoms with E-state index in [4.69, 9.17) is 0 Å². The van der Waals surface area contributed by atoms with Crippen molar-refractivity contribution in [3.8, 4) is 0 Å². The van der Waals surface area contributed by atoms with Gasteiger partial charge in [-0.2, -0.15) is 0 Å². The highest BCUT2D eigenvalue weighted by Crippen LogP contribution is 2.33. The zero-order chi connectivity index (χ0) is 15.0. The van der Waals surface area contributed by atoms with Gasteiger partial charge in [0.1, 0.15) is 0 Å². The Morgan fingerprint density at radius 2 is 2.05 bits per heavy atom. The smallest absolute Gasteiger partial charge is 0.242 e. The van der Waals surface area contributed by atoms with Crippen molar-refractivity contribution in [2.24, 2.45) is 5.92 Å². The van der Waals surface area contributed by atoms with Crippen molar-refractivity contribution in [1.82, 2.24) is 14.6 Å². The highest BCUT2D eigenvalue weighted by molar-refractivity contribution is 7.89. The molecule has 0 aliphatic heterocycles. The third-order valence-electron chi connectivity index (χ3n) is 4.43. The second-order valence-electron chi connectivity index (χ2n) is 6.36. The molecule has 0 bridgehead atoms. The molecular weight excluding hydrogens is 286 g/mol. The van der Waals surface area contributed by atoms with Gasteiger partial charge in [-0.1, -0.05) is 0 Å². The highest BCUT2D eigenvalue weighted by atomic mass is 32.2. The molecule has 0 amide bonds. The van der Waals surface area contributed by atoms with Crippen LogP contribution in [-0.4, -0.2) is 25.1 Å². The van der Waals surface area contributed by atoms with Gasteiger partial charge in [0.15, 0.2) is 0 Å². The van der Waals surface area contributed by atoms with E-state index in [0.29, 0.717) is 16.9 Å². The highest BCUT2D eigenvalue weighted by Gasteiger charge is 2.31. The first-order valence-electron chi connectivity index (χ1n) is 7.94. The Bertz CT molecular complexity index is 600. The first-order chi connectivity index (χ1) is 9.99. The maximum absolute atomic E-state index is 12.5. The summed E-state index contributed by atoms with van der Waals surface area (Å²) >= 11 is 0. The van der Waals surface area contributed by atoms with Crippen molar-refractivity contribution >= 4 is 10.0 Å². The van der Waals surface area contributed by atoms with E-state index >= 15 is 0 Å². The Balaban J connectivity index is 1.73. The number of rotatable bonds is 8. The predicted molar refractivity (Wildman–Crippen MR) is 82.5 cm³/mol. The molecule has 2 aliphatic rings. The summed E-state index contributed by atoms with van der Waals surface area (Å²) in [5.74, 6) is 0.518. The fourth-order valence-electron chi connectivity index (χ4n) is 2.66. The van der Waals surface area contributed by atoms with Gasteiger partial charge < -0.3 is 9.88 Å². The summed E-state index contributed by atoms with van der Waals surface area (Å²) < 4.78 is 29.8. The number of hydrogen-bond donors (Lipinski definition) is 2. The second-order valence-corrected chi connectivity index (χ2v) is 8.07. The van der Waals surface area contributed by atoms with Crippen LogP contribution in [0.2, 0.25) is 0 Å². The van der Waals surface area contributed by atoms with E-state index in [1.54, 1.807) is 12.3 Å². The molecule has 0 aromatic carbocycles. The van der Waals surface area contributed by atoms with Gasteiger partial charge in [-0.15, -0.1) is 0 Å². The molecule has 1 atom stereocenters. The van der Waals surface area contributed by atoms with Crippen molar-refractivity contribution in [1.29, 1.82) is 0 Å². The van der Waals surface area contributed by atoms with E-state index in [1.807, 2.05) is 18.4 Å². The number of nitrogens with one attached hydrogen (secondary N) is 2. The van der Waals surface area contributed by atoms with E-state index in [-0.39, 0.29) is 6.04 Å². The molecule has 2 fully saturated rings. The largest absolute Gasteiger partial charge is 0.349 e. The third-order valence-corrected chi connectivity index (χ3v) is 5.96. The fraction of sp³-hybridized carbons (Fsp3) is 0.733. The minimum Gasteiger partial charge on any atom is -0.349 e. The van der Waals surface area contributed by atoms with Crippen LogP contribution in [0.4, 0.5) is 0 Å². The van der Waals surface area contributed by atoms with Gasteiger partial charge in [-0.05, 0) is 51.5 Å². The number of sulfonamides is 1. The van der Waals surface area contributed by atoms with E-state index in [1.165, 1.54) is 12.8 Å². The predicted octanol–water partition coefficient (Wildman–Crippen LogP) is 1.84. The summed E-state index contributed by atoms with van der Waals surface area (Å²) in [4.78, 5) is 0.393. The number of hydrogen-bond acceptors (Lipinski definition) is 3. The van der Waals surface area contributed by atoms with Gasteiger partial charge in [0.2, 0.25) is 10.0 Å². The first-order valence-corrected chi connectivity index (χ1v) is 9.42. The van der Waals surface area contributed by atoms with E-state index < -0.39 is 10.0 Å². The summed E-state index contributed by atoms with van der Waals surface area (Å²) in [5.41, 5.74) is 1.05. The van der Waals surface area contributed by atoms with Crippen LogP contribution >= 0.6 is 0 Å². The molecule has 1 aromatic heterocycles. The molecule has 5 nitrogen and oxygen atoms in total. The maximum Gasteiger partial charge on any atom is 0.242 e. The monoisotopic (exact) mass is 311 g/mol. The molecule has 2 aliphatic carbocycles. The van der Waals surface area contributed by atoms with Crippen LogP contribution in [0.25, 0.3) is 0 Å². The Kier molecular flexibility index (Phi) is 4.12. The Hall–Kier alpha value is -0.850. The topological polar surface area (TPSA) is 63.1 Å². The zero-order valence-electron chi connectivity index (χ0n) is 12.8. The maximum atomic E-state index is 12.5. The quantitative estimate of drug-likeness (QED) is 0.770. The van der Waals surface area contributed by atoms with Crippen LogP contribution < -0.4 is 10.0 Å². The lowest BCUT2D eigenvalue weighted by atomic mass is 10.2. The number of aromatic nitrogens is 1. The first kappa shape index (κ1) is 15.1. The van der Waals surface area contributed by atoms with Crippen molar-refractivity contribution < 1.29 is 8.42 Å². The van der Waals surface area contributed by atoms with Gasteiger partial charge in [0, 0.05) is 37.1 Å². The number of nitrogens with zero attached hydrogens (tertiary/aromatic N) is 1. The average molecular weight is 311 g/mol. The van der Waals surface area contributed by atoms with Crippen molar-refractivity contribution in [2.75, 3.05) is 0 Å². The molecule has 0 saturated heterocycles. The average Bonchev–Trinajstić information content (AvgIpc) is 3.32. The minimum atomic E-state index is -3.40. The molecule has 118 valence electrons. The van der Waals surface area contributed by atoms with Crippen LogP contribution in [0.5, 0.6) is 0 Å². The zero-order valence-corrected chi connectivity index (χ0v) is 13.6. The Labute approximate surface area is 127 Å². The summed E-state index contributed by atoms with van der Waals surface area (Å²) in [5, 5.41) is 3.45. The minimum absolute atomic E-state index is 0.0352. The SMILES string of the molecule is CCn1cc(S(=O)(=O)NC(C)C2CC2)cc1CNC1CC1. The van der Waals surface area contributed by atoms with Crippen molar-refractivity contribution in [2.45, 2.75) is 69.6 Å². The molecule has 0 radical (unpaired) electrons. The van der Waals surface area contributed by atoms with Crippen LogP contribution in [0.3, 0.4) is 0 Å². The third kappa shape index (κ3) is 3.67. The lowest BCUT2D eigenvalue weighted by molar-refractivity contribution is 0.538. The van der Waals surface area contributed by atoms with Crippen molar-refractivity contribution in [3.05, 3.63) is 18.0 Å². The van der Waals surface area contributed by atoms with Gasteiger partial charge in [-0.25, -0.2) is 13.1 Å². The van der Waals surface area contributed by atoms with Crippen molar-refractivity contribution in [3.63, 3.8) is 0 Å². The fourth-order valence-corrected chi connectivity index (χ4v) is 4.03. The molecule has 2 N–H and O–H groups in total. The molecule has 0 spiro atoms. The molecule has 1 aromatic rings. The Morgan fingerprint density at radius 3 is 2.62 bits per heavy atom. The molecule has 1 unspecified atom stereocenters. The standard InChI is InChI=1S/C15H25N3O2S/c1-3-18-10-15(8-14(18)9-16-13-6-7-13)21(19,20)17-11(2)12-4-5-12/h8,10-13,16-17H,3-7,9H2,1-2H3. The normalized spacial score (nSPS) is 20.7. The summed E-state index contributed by atoms with van der Waals surface area (Å²) in [6.45, 7) is 5.53. The molecule has 6 heteroatoms. The van der Waals surface area contributed by atoms with E-state index in [2.05, 4.69) is 10.0 Å². The molecule has 2 saturated carbocycles. The van der Waals surface area contributed by atoms with E-state index in [9.17, 15) is 8.42 Å². The van der Waals surface area contributed by atoms with Gasteiger partial charge >= 0.3 is 0 Å². The van der Waals surface area contributed by atoms with Gasteiger partial charge in [0.25, 0.3) is 0 Å². The molecule has 1 heterocycles. The van der Waals surface area contributed by atoms with E-state index in [0.717, 1.165) is 31.6 Å². The number of aryl methyl sites for hydroxylation is 1. The molecule has 21 heavy (non-hydrogen) atoms. The van der Waals surface area contributed by atoms with Crippen LogP contribution in [-0.2, 0) is 23.1 Å². The van der Waals surface area contributed by atoms with Gasteiger partial charge in [-0.3, -0.25) is 0 Å². The van der Waals surface area contributed by atoms with Gasteiger partial charge in [0.05, 0.1) is 4.90 Å². The lowest BCUT2D eigenvalue weighted by Gasteiger charge is -2.11. The summed E-state index contributed by atoms with van der Waals surface area (Å²) in [6, 6.07) is 2.46. The van der Waals surface area contributed by atoms with Crippen LogP contribution in [0.15, 0.2) is 17.2 Å². The Morgan fingerprint density at radius 1 is 1.33 bits per heavy atom. The second kappa shape index (κ2) is 5.74. The summed E-state index contributed by atoms with van der Waals surface area (Å²) in [7, 11) is -3.40. The molecule has 3 rings (SSSR count). The van der Waals surface area contributed by atoms with Crippen LogP contribution in [0, 0.1) is 5.92 Å². The molecular formula is C15H25N3O2S. The lowest BCUT2D eigenvalue weighted by Crippen LogP contribution is -2.33. The summed E-state index contributed by atoms with van der Waals surface area (Å²) in [6.07, 6.45) is 6.50.